The van der Waals surface area contributed by atoms with Crippen LogP contribution in [0.5, 0.6) is 0 Å². The summed E-state index contributed by atoms with van der Waals surface area (Å²) in [5.41, 5.74) is 0.526. The molecule has 0 aliphatic rings. The van der Waals surface area contributed by atoms with Crippen molar-refractivity contribution in [3.63, 3.8) is 0 Å². The Balaban J connectivity index is 2.47. The van der Waals surface area contributed by atoms with E-state index < -0.39 is 10.3 Å². The van der Waals surface area contributed by atoms with E-state index in [1.807, 2.05) is 30.3 Å². The Morgan fingerprint density at radius 2 is 1.87 bits per heavy atom. The predicted octanol–water partition coefficient (Wildman–Crippen LogP) is 3.66. The monoisotopic (exact) mass is 313 g/mol. The van der Waals surface area contributed by atoms with Crippen LogP contribution in [0.4, 0.5) is 5.69 Å². The molecule has 120 valence electrons. The highest BCUT2D eigenvalue weighted by atomic mass is 16.6. The number of non-ortho nitro benzene ring substituents is 1. The van der Waals surface area contributed by atoms with Crippen LogP contribution < -0.4 is 0 Å². The fourth-order valence-corrected chi connectivity index (χ4v) is 2.55. The van der Waals surface area contributed by atoms with Gasteiger partial charge in [-0.05, 0) is 31.4 Å². The van der Waals surface area contributed by atoms with Gasteiger partial charge in [0.2, 0.25) is 0 Å². The molecular weight excluding hydrogens is 294 g/mol. The molecule has 1 atom stereocenters. The Morgan fingerprint density at radius 1 is 1.17 bits per heavy atom. The first-order valence-corrected chi connectivity index (χ1v) is 7.43. The third-order valence-electron chi connectivity index (χ3n) is 3.82. The van der Waals surface area contributed by atoms with Gasteiger partial charge in [0.05, 0.1) is 16.9 Å². The van der Waals surface area contributed by atoms with Crippen LogP contribution in [0.1, 0.15) is 25.0 Å². The highest BCUT2D eigenvalue weighted by molar-refractivity contribution is 5.83. The summed E-state index contributed by atoms with van der Waals surface area (Å²) in [6.45, 7) is 3.77. The van der Waals surface area contributed by atoms with E-state index in [0.717, 1.165) is 5.56 Å². The molecule has 2 aromatic carbocycles. The lowest BCUT2D eigenvalue weighted by Crippen LogP contribution is -2.36. The molecule has 0 saturated carbocycles. The van der Waals surface area contributed by atoms with Crippen LogP contribution in [-0.2, 0) is 21.4 Å². The summed E-state index contributed by atoms with van der Waals surface area (Å²) in [7, 11) is 0. The first kappa shape index (κ1) is 16.7. The second-order valence-electron chi connectivity index (χ2n) is 5.52. The standard InChI is InChI=1S/C18H19NO4/c1-3-23-17(20)18(2,13-14-8-5-4-6-9-14)15-10-7-11-16(12-15)19(21)22/h4-12H,3,13H2,1-2H3. The van der Waals surface area contributed by atoms with Gasteiger partial charge in [-0.15, -0.1) is 0 Å². The molecule has 0 aliphatic carbocycles. The molecule has 0 aliphatic heterocycles. The second kappa shape index (κ2) is 7.05. The first-order chi connectivity index (χ1) is 11.0. The van der Waals surface area contributed by atoms with E-state index >= 15 is 0 Å². The molecule has 5 nitrogen and oxygen atoms in total. The zero-order valence-corrected chi connectivity index (χ0v) is 13.2. The van der Waals surface area contributed by atoms with Gasteiger partial charge in [-0.1, -0.05) is 42.5 Å². The van der Waals surface area contributed by atoms with Crippen molar-refractivity contribution in [2.24, 2.45) is 0 Å². The number of nitrogens with zero attached hydrogens (tertiary/aromatic N) is 1. The number of carbonyl (C=O) groups is 1. The Morgan fingerprint density at radius 3 is 2.48 bits per heavy atom. The number of esters is 1. The zero-order chi connectivity index (χ0) is 16.9. The van der Waals surface area contributed by atoms with Crippen LogP contribution in [0.15, 0.2) is 54.6 Å². The largest absolute Gasteiger partial charge is 0.465 e. The molecule has 2 rings (SSSR count). The number of benzene rings is 2. The van der Waals surface area contributed by atoms with Gasteiger partial charge in [0.15, 0.2) is 0 Å². The van der Waals surface area contributed by atoms with Gasteiger partial charge in [0, 0.05) is 12.1 Å². The lowest BCUT2D eigenvalue weighted by atomic mass is 9.77. The van der Waals surface area contributed by atoms with E-state index in [0.29, 0.717) is 12.0 Å². The molecule has 1 unspecified atom stereocenters. The van der Waals surface area contributed by atoms with Gasteiger partial charge >= 0.3 is 5.97 Å². The summed E-state index contributed by atoms with van der Waals surface area (Å²) in [6, 6.07) is 15.7. The molecule has 0 aromatic heterocycles. The van der Waals surface area contributed by atoms with Gasteiger partial charge in [0.25, 0.3) is 5.69 Å². The van der Waals surface area contributed by atoms with E-state index in [9.17, 15) is 14.9 Å². The van der Waals surface area contributed by atoms with Crippen molar-refractivity contribution in [2.75, 3.05) is 6.61 Å². The minimum absolute atomic E-state index is 0.0360. The van der Waals surface area contributed by atoms with Crippen LogP contribution in [0.3, 0.4) is 0 Å². The third kappa shape index (κ3) is 3.74. The van der Waals surface area contributed by atoms with Crippen LogP contribution >= 0.6 is 0 Å². The summed E-state index contributed by atoms with van der Waals surface area (Å²) in [5, 5.41) is 11.0. The van der Waals surface area contributed by atoms with E-state index in [4.69, 9.17) is 4.74 Å². The van der Waals surface area contributed by atoms with Crippen molar-refractivity contribution in [1.29, 1.82) is 0 Å². The number of ether oxygens (including phenoxy) is 1. The van der Waals surface area contributed by atoms with Crippen LogP contribution in [0.2, 0.25) is 0 Å². The molecule has 2 aromatic rings. The van der Waals surface area contributed by atoms with E-state index in [-0.39, 0.29) is 18.3 Å². The quantitative estimate of drug-likeness (QED) is 0.463. The highest BCUT2D eigenvalue weighted by Crippen LogP contribution is 2.32. The van der Waals surface area contributed by atoms with Crippen molar-refractivity contribution in [1.82, 2.24) is 0 Å². The zero-order valence-electron chi connectivity index (χ0n) is 13.2. The molecule has 0 heterocycles. The SMILES string of the molecule is CCOC(=O)C(C)(Cc1ccccc1)c1cccc([N+](=O)[O-])c1. The van der Waals surface area contributed by atoms with Gasteiger partial charge in [0.1, 0.15) is 0 Å². The van der Waals surface area contributed by atoms with Crippen molar-refractivity contribution in [3.05, 3.63) is 75.8 Å². The van der Waals surface area contributed by atoms with Crippen molar-refractivity contribution >= 4 is 11.7 Å². The fourth-order valence-electron chi connectivity index (χ4n) is 2.55. The molecule has 0 bridgehead atoms. The maximum atomic E-state index is 12.6. The lowest BCUT2D eigenvalue weighted by Gasteiger charge is -2.28. The predicted molar refractivity (Wildman–Crippen MR) is 87.2 cm³/mol. The van der Waals surface area contributed by atoms with E-state index in [2.05, 4.69) is 0 Å². The third-order valence-corrected chi connectivity index (χ3v) is 3.82. The number of nitro groups is 1. The van der Waals surface area contributed by atoms with Crippen molar-refractivity contribution in [3.8, 4) is 0 Å². The number of nitro benzene ring substituents is 1. The smallest absolute Gasteiger partial charge is 0.316 e. The maximum Gasteiger partial charge on any atom is 0.316 e. The Hall–Kier alpha value is -2.69. The summed E-state index contributed by atoms with van der Waals surface area (Å²) in [6.07, 6.45) is 0.411. The molecule has 23 heavy (non-hydrogen) atoms. The lowest BCUT2D eigenvalue weighted by molar-refractivity contribution is -0.384. The molecule has 0 amide bonds. The average molecular weight is 313 g/mol. The van der Waals surface area contributed by atoms with Gasteiger partial charge in [-0.3, -0.25) is 14.9 Å². The van der Waals surface area contributed by atoms with Gasteiger partial charge in [-0.25, -0.2) is 0 Å². The molecule has 0 saturated heterocycles. The molecule has 0 fully saturated rings. The summed E-state index contributed by atoms with van der Waals surface area (Å²) < 4.78 is 5.23. The number of hydrogen-bond acceptors (Lipinski definition) is 4. The molecule has 0 radical (unpaired) electrons. The highest BCUT2D eigenvalue weighted by Gasteiger charge is 2.37. The molecule has 0 N–H and O–H groups in total. The Kier molecular flexibility index (Phi) is 5.11. The van der Waals surface area contributed by atoms with Crippen molar-refractivity contribution < 1.29 is 14.5 Å². The topological polar surface area (TPSA) is 69.4 Å². The molecular formula is C18H19NO4. The van der Waals surface area contributed by atoms with E-state index in [1.165, 1.54) is 12.1 Å². The minimum atomic E-state index is -0.983. The van der Waals surface area contributed by atoms with Crippen LogP contribution in [-0.4, -0.2) is 17.5 Å². The second-order valence-corrected chi connectivity index (χ2v) is 5.52. The number of rotatable bonds is 6. The minimum Gasteiger partial charge on any atom is -0.465 e. The summed E-state index contributed by atoms with van der Waals surface area (Å²) in [4.78, 5) is 23.1. The Bertz CT molecular complexity index is 699. The van der Waals surface area contributed by atoms with E-state index in [1.54, 1.807) is 26.0 Å². The summed E-state index contributed by atoms with van der Waals surface area (Å²) in [5.74, 6) is -0.385. The van der Waals surface area contributed by atoms with Crippen LogP contribution in [0.25, 0.3) is 0 Å². The summed E-state index contributed by atoms with van der Waals surface area (Å²) >= 11 is 0. The molecule has 0 spiro atoms. The fraction of sp³-hybridized carbons (Fsp3) is 0.278. The number of carbonyl (C=O) groups excluding carboxylic acids is 1. The van der Waals surface area contributed by atoms with Crippen molar-refractivity contribution in [2.45, 2.75) is 25.7 Å². The van der Waals surface area contributed by atoms with Crippen LogP contribution in [0, 0.1) is 10.1 Å². The first-order valence-electron chi connectivity index (χ1n) is 7.43. The van der Waals surface area contributed by atoms with Gasteiger partial charge in [-0.2, -0.15) is 0 Å². The normalized spacial score (nSPS) is 13.1. The average Bonchev–Trinajstić information content (AvgIpc) is 2.56. The van der Waals surface area contributed by atoms with Gasteiger partial charge < -0.3 is 4.74 Å². The Labute approximate surface area is 135 Å². The molecule has 5 heteroatoms. The maximum absolute atomic E-state index is 12.6. The number of hydrogen-bond donors (Lipinski definition) is 0.